The van der Waals surface area contributed by atoms with Gasteiger partial charge in [-0.05, 0) is 43.4 Å². The first-order valence-corrected chi connectivity index (χ1v) is 10.1. The molecule has 3 rings (SSSR count). The van der Waals surface area contributed by atoms with Crippen molar-refractivity contribution in [3.8, 4) is 5.88 Å². The number of ether oxygens (including phenoxy) is 1. The van der Waals surface area contributed by atoms with Crippen molar-refractivity contribution in [2.24, 2.45) is 7.05 Å². The third-order valence-electron chi connectivity index (χ3n) is 5.63. The number of amides is 1. The maximum atomic E-state index is 12.5. The topological polar surface area (TPSA) is 69.0 Å². The molecule has 0 radical (unpaired) electrons. The van der Waals surface area contributed by atoms with Crippen LogP contribution in [0.25, 0.3) is 11.0 Å². The molecule has 2 aromatic heterocycles. The monoisotopic (exact) mass is 394 g/mol. The fourth-order valence-electron chi connectivity index (χ4n) is 3.89. The van der Waals surface area contributed by atoms with E-state index in [-0.39, 0.29) is 5.91 Å². The molecule has 1 aromatic carbocycles. The van der Waals surface area contributed by atoms with Crippen LogP contribution in [0.4, 0.5) is 0 Å². The van der Waals surface area contributed by atoms with E-state index >= 15 is 0 Å². The van der Waals surface area contributed by atoms with Gasteiger partial charge in [0.2, 0.25) is 11.8 Å². The number of pyridine rings is 1. The second kappa shape index (κ2) is 9.07. The highest BCUT2D eigenvalue weighted by Gasteiger charge is 2.18. The summed E-state index contributed by atoms with van der Waals surface area (Å²) in [4.78, 5) is 17.2. The lowest BCUT2D eigenvalue weighted by molar-refractivity contribution is -0.121. The molecular weight excluding hydrogens is 364 g/mol. The Kier molecular flexibility index (Phi) is 6.52. The Labute approximate surface area is 172 Å². The molecule has 2 heterocycles. The number of fused-ring (bicyclic) bond motifs is 1. The average molecular weight is 395 g/mol. The molecule has 29 heavy (non-hydrogen) atoms. The third kappa shape index (κ3) is 4.42. The summed E-state index contributed by atoms with van der Waals surface area (Å²) in [6.07, 6.45) is 2.07. The van der Waals surface area contributed by atoms with Crippen molar-refractivity contribution in [2.45, 2.75) is 46.0 Å². The van der Waals surface area contributed by atoms with E-state index in [2.05, 4.69) is 36.4 Å². The van der Waals surface area contributed by atoms with Crippen molar-refractivity contribution in [1.82, 2.24) is 20.1 Å². The van der Waals surface area contributed by atoms with E-state index in [1.54, 1.807) is 11.8 Å². The van der Waals surface area contributed by atoms with Crippen LogP contribution in [-0.2, 0) is 18.3 Å². The van der Waals surface area contributed by atoms with Crippen molar-refractivity contribution in [3.63, 3.8) is 0 Å². The quantitative estimate of drug-likeness (QED) is 0.630. The maximum absolute atomic E-state index is 12.5. The number of benzene rings is 1. The molecule has 0 aliphatic rings. The molecule has 0 aliphatic heterocycles. The lowest BCUT2D eigenvalue weighted by atomic mass is 9.96. The molecule has 0 unspecified atom stereocenters. The highest BCUT2D eigenvalue weighted by Crippen LogP contribution is 2.30. The summed E-state index contributed by atoms with van der Waals surface area (Å²) in [5.74, 6) is 0.976. The van der Waals surface area contributed by atoms with Crippen molar-refractivity contribution >= 4 is 16.9 Å². The minimum atomic E-state index is 0.0661. The van der Waals surface area contributed by atoms with Crippen molar-refractivity contribution in [1.29, 1.82) is 0 Å². The molecule has 1 amide bonds. The Morgan fingerprint density at radius 1 is 1.24 bits per heavy atom. The van der Waals surface area contributed by atoms with E-state index in [1.165, 1.54) is 5.56 Å². The number of rotatable bonds is 8. The van der Waals surface area contributed by atoms with Crippen molar-refractivity contribution in [2.75, 3.05) is 13.7 Å². The molecule has 0 bridgehead atoms. The fourth-order valence-corrected chi connectivity index (χ4v) is 3.89. The summed E-state index contributed by atoms with van der Waals surface area (Å²) in [5.41, 5.74) is 5.18. The molecule has 0 saturated heterocycles. The van der Waals surface area contributed by atoms with E-state index in [9.17, 15) is 4.79 Å². The third-order valence-corrected chi connectivity index (χ3v) is 5.63. The molecule has 0 aliphatic carbocycles. The highest BCUT2D eigenvalue weighted by molar-refractivity contribution is 5.86. The first kappa shape index (κ1) is 20.8. The van der Waals surface area contributed by atoms with Crippen LogP contribution in [0.1, 0.15) is 48.1 Å². The van der Waals surface area contributed by atoms with E-state index in [0.717, 1.165) is 34.3 Å². The van der Waals surface area contributed by atoms with Crippen LogP contribution in [0.2, 0.25) is 0 Å². The van der Waals surface area contributed by atoms with Gasteiger partial charge in [-0.2, -0.15) is 0 Å². The van der Waals surface area contributed by atoms with Gasteiger partial charge in [-0.25, -0.2) is 9.67 Å². The zero-order chi connectivity index (χ0) is 21.0. The second-order valence-electron chi connectivity index (χ2n) is 7.45. The number of methoxy groups -OCH3 is 1. The minimum absolute atomic E-state index is 0.0661. The van der Waals surface area contributed by atoms with Gasteiger partial charge < -0.3 is 10.1 Å². The van der Waals surface area contributed by atoms with E-state index in [1.807, 2.05) is 32.2 Å². The SMILES string of the molecule is CC[C@@H](CNC(=O)CCc1c(C)nc2c(c(OC)nn2C)c1C)c1ccccc1. The van der Waals surface area contributed by atoms with Gasteiger partial charge in [-0.1, -0.05) is 37.3 Å². The Balaban J connectivity index is 1.68. The lowest BCUT2D eigenvalue weighted by Crippen LogP contribution is -2.28. The highest BCUT2D eigenvalue weighted by atomic mass is 16.5. The number of nitrogens with zero attached hydrogens (tertiary/aromatic N) is 3. The Bertz CT molecular complexity index is 995. The van der Waals surface area contributed by atoms with Gasteiger partial charge in [0.15, 0.2) is 5.65 Å². The molecule has 1 atom stereocenters. The lowest BCUT2D eigenvalue weighted by Gasteiger charge is -2.16. The van der Waals surface area contributed by atoms with Gasteiger partial charge in [-0.15, -0.1) is 5.10 Å². The number of carbonyl (C=O) groups is 1. The number of aryl methyl sites for hydroxylation is 3. The van der Waals surface area contributed by atoms with Gasteiger partial charge in [0.1, 0.15) is 0 Å². The standard InChI is InChI=1S/C23H30N4O2/c1-6-17(18-10-8-7-9-11-18)14-24-20(28)13-12-19-15(2)21-22(25-16(19)3)27(4)26-23(21)29-5/h7-11,17H,6,12-14H2,1-5H3,(H,24,28)/t17-/m0/s1. The Morgan fingerprint density at radius 3 is 2.62 bits per heavy atom. The predicted octanol–water partition coefficient (Wildman–Crippen LogP) is 3.84. The summed E-state index contributed by atoms with van der Waals surface area (Å²) in [6.45, 7) is 6.85. The first-order valence-electron chi connectivity index (χ1n) is 10.1. The van der Waals surface area contributed by atoms with Crippen LogP contribution in [0.15, 0.2) is 30.3 Å². The second-order valence-corrected chi connectivity index (χ2v) is 7.45. The summed E-state index contributed by atoms with van der Waals surface area (Å²) < 4.78 is 7.15. The summed E-state index contributed by atoms with van der Waals surface area (Å²) in [6, 6.07) is 10.3. The Hall–Kier alpha value is -2.89. The van der Waals surface area contributed by atoms with Crippen LogP contribution >= 0.6 is 0 Å². The molecule has 0 saturated carbocycles. The predicted molar refractivity (Wildman–Crippen MR) is 115 cm³/mol. The van der Waals surface area contributed by atoms with Crippen molar-refractivity contribution < 1.29 is 9.53 Å². The van der Waals surface area contributed by atoms with Gasteiger partial charge in [0.25, 0.3) is 0 Å². The van der Waals surface area contributed by atoms with Gasteiger partial charge in [-0.3, -0.25) is 4.79 Å². The van der Waals surface area contributed by atoms with Crippen LogP contribution < -0.4 is 10.1 Å². The van der Waals surface area contributed by atoms with Crippen LogP contribution in [0.3, 0.4) is 0 Å². The van der Waals surface area contributed by atoms with Crippen LogP contribution in [-0.4, -0.2) is 34.3 Å². The number of aromatic nitrogens is 3. The number of hydrogen-bond donors (Lipinski definition) is 1. The maximum Gasteiger partial charge on any atom is 0.242 e. The normalized spacial score (nSPS) is 12.2. The smallest absolute Gasteiger partial charge is 0.242 e. The molecule has 154 valence electrons. The summed E-state index contributed by atoms with van der Waals surface area (Å²) >= 11 is 0. The summed E-state index contributed by atoms with van der Waals surface area (Å²) in [5, 5.41) is 8.41. The van der Waals surface area contributed by atoms with Crippen LogP contribution in [0, 0.1) is 13.8 Å². The zero-order valence-corrected chi connectivity index (χ0v) is 18.0. The Morgan fingerprint density at radius 2 is 1.97 bits per heavy atom. The fraction of sp³-hybridized carbons (Fsp3) is 0.435. The largest absolute Gasteiger partial charge is 0.479 e. The van der Waals surface area contributed by atoms with Gasteiger partial charge in [0.05, 0.1) is 12.5 Å². The van der Waals surface area contributed by atoms with Crippen LogP contribution in [0.5, 0.6) is 5.88 Å². The molecule has 3 aromatic rings. The molecule has 6 heteroatoms. The summed E-state index contributed by atoms with van der Waals surface area (Å²) in [7, 11) is 3.48. The zero-order valence-electron chi connectivity index (χ0n) is 18.0. The van der Waals surface area contributed by atoms with Gasteiger partial charge >= 0.3 is 0 Å². The molecule has 6 nitrogen and oxygen atoms in total. The average Bonchev–Trinajstić information content (AvgIpc) is 3.04. The molecule has 0 spiro atoms. The molecule has 0 fully saturated rings. The van der Waals surface area contributed by atoms with E-state index in [4.69, 9.17) is 9.72 Å². The number of carbonyl (C=O) groups excluding carboxylic acids is 1. The van der Waals surface area contributed by atoms with Gasteiger partial charge in [0, 0.05) is 31.6 Å². The number of nitrogens with one attached hydrogen (secondary N) is 1. The first-order chi connectivity index (χ1) is 14.0. The molecule has 1 N–H and O–H groups in total. The minimum Gasteiger partial charge on any atom is -0.479 e. The molecular formula is C23H30N4O2. The van der Waals surface area contributed by atoms with Crippen molar-refractivity contribution in [3.05, 3.63) is 52.7 Å². The van der Waals surface area contributed by atoms with E-state index in [0.29, 0.717) is 31.2 Å². The van der Waals surface area contributed by atoms with E-state index < -0.39 is 0 Å². The number of hydrogen-bond acceptors (Lipinski definition) is 4.